The van der Waals surface area contributed by atoms with Crippen molar-refractivity contribution < 1.29 is 0 Å². The molecule has 1 N–H and O–H groups in total. The molecule has 1 rings (SSSR count). The second-order valence-corrected chi connectivity index (χ2v) is 5.92. The van der Waals surface area contributed by atoms with Gasteiger partial charge in [-0.15, -0.1) is 0 Å². The zero-order valence-electron chi connectivity index (χ0n) is 11.6. The number of rotatable bonds is 7. The van der Waals surface area contributed by atoms with Gasteiger partial charge in [-0.2, -0.15) is 0 Å². The summed E-state index contributed by atoms with van der Waals surface area (Å²) in [6, 6.07) is 1.44. The van der Waals surface area contributed by atoms with Crippen LogP contribution in [0.5, 0.6) is 0 Å². The standard InChI is InChI=1S/C14H30N2/c1-12(2)7-6-10-16(13(3)4)11-14-8-5-9-15-14/h12-15H,5-11H2,1-4H3. The maximum Gasteiger partial charge on any atom is 0.0195 e. The zero-order valence-corrected chi connectivity index (χ0v) is 11.6. The summed E-state index contributed by atoms with van der Waals surface area (Å²) < 4.78 is 0. The van der Waals surface area contributed by atoms with E-state index in [0.717, 1.165) is 12.0 Å². The molecule has 2 nitrogen and oxygen atoms in total. The summed E-state index contributed by atoms with van der Waals surface area (Å²) in [6.07, 6.45) is 5.44. The molecule has 0 saturated carbocycles. The minimum Gasteiger partial charge on any atom is -0.313 e. The molecule has 0 spiro atoms. The third-order valence-corrected chi connectivity index (χ3v) is 3.57. The minimum absolute atomic E-state index is 0.689. The van der Waals surface area contributed by atoms with E-state index in [0.29, 0.717) is 6.04 Å². The monoisotopic (exact) mass is 226 g/mol. The van der Waals surface area contributed by atoms with Gasteiger partial charge in [0.2, 0.25) is 0 Å². The maximum absolute atomic E-state index is 3.60. The van der Waals surface area contributed by atoms with Crippen LogP contribution in [0.2, 0.25) is 0 Å². The van der Waals surface area contributed by atoms with E-state index in [1.165, 1.54) is 45.3 Å². The molecular weight excluding hydrogens is 196 g/mol. The predicted molar refractivity (Wildman–Crippen MR) is 71.8 cm³/mol. The van der Waals surface area contributed by atoms with Gasteiger partial charge in [0, 0.05) is 18.6 Å². The van der Waals surface area contributed by atoms with Crippen LogP contribution in [0.3, 0.4) is 0 Å². The number of nitrogens with zero attached hydrogens (tertiary/aromatic N) is 1. The summed E-state index contributed by atoms with van der Waals surface area (Å²) in [7, 11) is 0. The average Bonchev–Trinajstić information content (AvgIpc) is 2.68. The number of hydrogen-bond acceptors (Lipinski definition) is 2. The van der Waals surface area contributed by atoms with Gasteiger partial charge >= 0.3 is 0 Å². The first-order chi connectivity index (χ1) is 7.59. The Kier molecular flexibility index (Phi) is 6.37. The highest BCUT2D eigenvalue weighted by molar-refractivity contribution is 4.79. The lowest BCUT2D eigenvalue weighted by Crippen LogP contribution is -2.41. The first-order valence-corrected chi connectivity index (χ1v) is 7.07. The van der Waals surface area contributed by atoms with Gasteiger partial charge in [-0.25, -0.2) is 0 Å². The van der Waals surface area contributed by atoms with Gasteiger partial charge in [-0.3, -0.25) is 4.90 Å². The largest absolute Gasteiger partial charge is 0.313 e. The summed E-state index contributed by atoms with van der Waals surface area (Å²) in [4.78, 5) is 2.64. The van der Waals surface area contributed by atoms with Gasteiger partial charge in [0.1, 0.15) is 0 Å². The SMILES string of the molecule is CC(C)CCCN(CC1CCCN1)C(C)C. The molecule has 1 atom stereocenters. The first kappa shape index (κ1) is 14.0. The lowest BCUT2D eigenvalue weighted by atomic mass is 10.1. The molecule has 0 aromatic rings. The molecule has 1 aliphatic heterocycles. The highest BCUT2D eigenvalue weighted by Crippen LogP contribution is 2.11. The molecule has 1 fully saturated rings. The van der Waals surface area contributed by atoms with E-state index in [1.807, 2.05) is 0 Å². The van der Waals surface area contributed by atoms with Gasteiger partial charge < -0.3 is 5.32 Å². The van der Waals surface area contributed by atoms with E-state index in [-0.39, 0.29) is 0 Å². The van der Waals surface area contributed by atoms with Crippen molar-refractivity contribution >= 4 is 0 Å². The van der Waals surface area contributed by atoms with Gasteiger partial charge in [0.05, 0.1) is 0 Å². The molecule has 2 heteroatoms. The number of nitrogens with one attached hydrogen (secondary N) is 1. The zero-order chi connectivity index (χ0) is 12.0. The Balaban J connectivity index is 2.23. The Morgan fingerprint density at radius 3 is 2.50 bits per heavy atom. The van der Waals surface area contributed by atoms with Gasteiger partial charge in [-0.05, 0) is 58.5 Å². The van der Waals surface area contributed by atoms with Crippen LogP contribution in [-0.2, 0) is 0 Å². The van der Waals surface area contributed by atoms with Crippen molar-refractivity contribution in [3.05, 3.63) is 0 Å². The Labute approximate surface area is 102 Å². The van der Waals surface area contributed by atoms with Crippen LogP contribution < -0.4 is 5.32 Å². The van der Waals surface area contributed by atoms with Crippen LogP contribution in [0.15, 0.2) is 0 Å². The minimum atomic E-state index is 0.689. The molecule has 1 aliphatic rings. The fourth-order valence-electron chi connectivity index (χ4n) is 2.46. The predicted octanol–water partition coefficient (Wildman–Crippen LogP) is 2.89. The summed E-state index contributed by atoms with van der Waals surface area (Å²) >= 11 is 0. The molecule has 0 aromatic heterocycles. The average molecular weight is 226 g/mol. The second kappa shape index (κ2) is 7.29. The third kappa shape index (κ3) is 5.31. The van der Waals surface area contributed by atoms with Crippen molar-refractivity contribution in [2.75, 3.05) is 19.6 Å². The molecular formula is C14H30N2. The summed E-state index contributed by atoms with van der Waals surface area (Å²) in [5, 5.41) is 3.60. The highest BCUT2D eigenvalue weighted by Gasteiger charge is 2.19. The van der Waals surface area contributed by atoms with Crippen molar-refractivity contribution in [1.82, 2.24) is 10.2 Å². The third-order valence-electron chi connectivity index (χ3n) is 3.57. The Morgan fingerprint density at radius 2 is 2.00 bits per heavy atom. The summed E-state index contributed by atoms with van der Waals surface area (Å²) in [5.41, 5.74) is 0. The smallest absolute Gasteiger partial charge is 0.0195 e. The molecule has 0 aliphatic carbocycles. The van der Waals surface area contributed by atoms with Crippen LogP contribution in [0.4, 0.5) is 0 Å². The van der Waals surface area contributed by atoms with Crippen LogP contribution in [0, 0.1) is 5.92 Å². The maximum atomic E-state index is 3.60. The Morgan fingerprint density at radius 1 is 1.25 bits per heavy atom. The van der Waals surface area contributed by atoms with Gasteiger partial charge in [0.15, 0.2) is 0 Å². The summed E-state index contributed by atoms with van der Waals surface area (Å²) in [5.74, 6) is 0.846. The molecule has 16 heavy (non-hydrogen) atoms. The lowest BCUT2D eigenvalue weighted by Gasteiger charge is -2.29. The molecule has 0 aromatic carbocycles. The van der Waals surface area contributed by atoms with E-state index in [4.69, 9.17) is 0 Å². The Bertz CT molecular complexity index is 172. The van der Waals surface area contributed by atoms with Gasteiger partial charge in [0.25, 0.3) is 0 Å². The number of hydrogen-bond donors (Lipinski definition) is 1. The fourth-order valence-corrected chi connectivity index (χ4v) is 2.46. The molecule has 96 valence electrons. The van der Waals surface area contributed by atoms with E-state index < -0.39 is 0 Å². The Hall–Kier alpha value is -0.0800. The quantitative estimate of drug-likeness (QED) is 0.718. The lowest BCUT2D eigenvalue weighted by molar-refractivity contribution is 0.196. The molecule has 0 radical (unpaired) electrons. The van der Waals surface area contributed by atoms with Crippen LogP contribution in [-0.4, -0.2) is 36.6 Å². The molecule has 1 heterocycles. The van der Waals surface area contributed by atoms with Crippen LogP contribution in [0.25, 0.3) is 0 Å². The van der Waals surface area contributed by atoms with Crippen molar-refractivity contribution in [3.8, 4) is 0 Å². The first-order valence-electron chi connectivity index (χ1n) is 7.07. The van der Waals surface area contributed by atoms with Crippen molar-refractivity contribution in [1.29, 1.82) is 0 Å². The van der Waals surface area contributed by atoms with Crippen molar-refractivity contribution in [2.45, 2.75) is 65.5 Å². The van der Waals surface area contributed by atoms with Crippen LogP contribution in [0.1, 0.15) is 53.4 Å². The fraction of sp³-hybridized carbons (Fsp3) is 1.00. The van der Waals surface area contributed by atoms with E-state index >= 15 is 0 Å². The van der Waals surface area contributed by atoms with E-state index in [1.54, 1.807) is 0 Å². The molecule has 0 amide bonds. The highest BCUT2D eigenvalue weighted by atomic mass is 15.2. The van der Waals surface area contributed by atoms with Crippen molar-refractivity contribution in [3.63, 3.8) is 0 Å². The normalized spacial score (nSPS) is 21.6. The second-order valence-electron chi connectivity index (χ2n) is 5.92. The topological polar surface area (TPSA) is 15.3 Å². The molecule has 1 unspecified atom stereocenters. The van der Waals surface area contributed by atoms with Crippen LogP contribution >= 0.6 is 0 Å². The molecule has 0 bridgehead atoms. The van der Waals surface area contributed by atoms with Crippen molar-refractivity contribution in [2.24, 2.45) is 5.92 Å². The van der Waals surface area contributed by atoms with E-state index in [2.05, 4.69) is 37.9 Å². The molecule has 1 saturated heterocycles. The summed E-state index contributed by atoms with van der Waals surface area (Å²) in [6.45, 7) is 13.0. The van der Waals surface area contributed by atoms with E-state index in [9.17, 15) is 0 Å². The van der Waals surface area contributed by atoms with Gasteiger partial charge in [-0.1, -0.05) is 13.8 Å².